The van der Waals surface area contributed by atoms with Gasteiger partial charge in [-0.25, -0.2) is 9.79 Å². The Hall–Kier alpha value is -2.48. The summed E-state index contributed by atoms with van der Waals surface area (Å²) in [5, 5.41) is 0.612. The third-order valence-electron chi connectivity index (χ3n) is 5.23. The number of rotatable bonds is 8. The van der Waals surface area contributed by atoms with Crippen molar-refractivity contribution < 1.29 is 23.8 Å². The van der Waals surface area contributed by atoms with Crippen LogP contribution in [0.25, 0.3) is 0 Å². The molecule has 32 heavy (non-hydrogen) atoms. The number of allylic oxidation sites excluding steroid dienone is 1. The van der Waals surface area contributed by atoms with E-state index >= 15 is 0 Å². The quantitative estimate of drug-likeness (QED) is 0.523. The Morgan fingerprint density at radius 2 is 2.00 bits per heavy atom. The van der Waals surface area contributed by atoms with Crippen LogP contribution in [-0.2, 0) is 14.3 Å². The van der Waals surface area contributed by atoms with Crippen molar-refractivity contribution in [1.29, 1.82) is 0 Å². The Morgan fingerprint density at radius 1 is 1.25 bits per heavy atom. The monoisotopic (exact) mass is 460 g/mol. The van der Waals surface area contributed by atoms with Crippen LogP contribution in [0.5, 0.6) is 11.5 Å². The fourth-order valence-corrected chi connectivity index (χ4v) is 4.64. The Morgan fingerprint density at radius 3 is 2.66 bits per heavy atom. The lowest BCUT2D eigenvalue weighted by atomic mass is 9.93. The number of methoxy groups -OCH3 is 1. The zero-order chi connectivity index (χ0) is 23.4. The maximum absolute atomic E-state index is 13.1. The molecule has 1 fully saturated rings. The summed E-state index contributed by atoms with van der Waals surface area (Å²) >= 11 is 1.52. The lowest BCUT2D eigenvalue weighted by molar-refractivity contribution is -0.143. The van der Waals surface area contributed by atoms with Gasteiger partial charge in [-0.2, -0.15) is 0 Å². The van der Waals surface area contributed by atoms with Crippen LogP contribution < -0.4 is 9.47 Å². The molecule has 2 aliphatic rings. The molecule has 0 radical (unpaired) electrons. The molecule has 7 nitrogen and oxygen atoms in total. The molecule has 1 saturated heterocycles. The largest absolute Gasteiger partial charge is 0.493 e. The van der Waals surface area contributed by atoms with Gasteiger partial charge in [-0.05, 0) is 50.8 Å². The predicted octanol–water partition coefficient (Wildman–Crippen LogP) is 4.72. The number of hydrogen-bond donors (Lipinski definition) is 0. The van der Waals surface area contributed by atoms with E-state index in [0.717, 1.165) is 12.0 Å². The minimum atomic E-state index is -0.632. The number of ether oxygens (including phenoxy) is 3. The average Bonchev–Trinajstić information content (AvgIpc) is 2.72. The molecule has 0 aliphatic carbocycles. The van der Waals surface area contributed by atoms with Gasteiger partial charge < -0.3 is 14.2 Å². The number of aliphatic imine (C=N–C) groups is 1. The summed E-state index contributed by atoms with van der Waals surface area (Å²) in [7, 11) is 1.58. The second-order valence-electron chi connectivity index (χ2n) is 8.55. The zero-order valence-corrected chi connectivity index (χ0v) is 20.5. The molecule has 2 heterocycles. The van der Waals surface area contributed by atoms with E-state index in [1.165, 1.54) is 11.8 Å². The first-order valence-electron chi connectivity index (χ1n) is 11.0. The first kappa shape index (κ1) is 24.2. The van der Waals surface area contributed by atoms with Crippen molar-refractivity contribution in [3.8, 4) is 11.5 Å². The maximum Gasteiger partial charge on any atom is 0.338 e. The number of esters is 1. The van der Waals surface area contributed by atoms with Crippen LogP contribution >= 0.6 is 11.8 Å². The van der Waals surface area contributed by atoms with Gasteiger partial charge in [-0.3, -0.25) is 9.69 Å². The van der Waals surface area contributed by atoms with Crippen molar-refractivity contribution in [3.63, 3.8) is 0 Å². The summed E-state index contributed by atoms with van der Waals surface area (Å²) in [4.78, 5) is 32.2. The van der Waals surface area contributed by atoms with Gasteiger partial charge in [0.1, 0.15) is 0 Å². The summed E-state index contributed by atoms with van der Waals surface area (Å²) in [6.07, 6.45) is 1.03. The van der Waals surface area contributed by atoms with Crippen LogP contribution in [-0.4, -0.2) is 47.5 Å². The van der Waals surface area contributed by atoms with E-state index in [0.29, 0.717) is 52.6 Å². The maximum atomic E-state index is 13.1. The summed E-state index contributed by atoms with van der Waals surface area (Å²) in [6, 6.07) is 4.92. The van der Waals surface area contributed by atoms with E-state index in [1.54, 1.807) is 32.8 Å². The van der Waals surface area contributed by atoms with Gasteiger partial charge in [0.2, 0.25) is 5.91 Å². The summed E-state index contributed by atoms with van der Waals surface area (Å²) in [5.41, 5.74) is 1.68. The highest BCUT2D eigenvalue weighted by atomic mass is 32.2. The van der Waals surface area contributed by atoms with E-state index in [-0.39, 0.29) is 12.0 Å². The van der Waals surface area contributed by atoms with Crippen molar-refractivity contribution in [3.05, 3.63) is 35.0 Å². The van der Waals surface area contributed by atoms with Gasteiger partial charge in [0.15, 0.2) is 16.7 Å². The fourth-order valence-electron chi connectivity index (χ4n) is 3.63. The first-order chi connectivity index (χ1) is 15.2. The van der Waals surface area contributed by atoms with Gasteiger partial charge in [-0.1, -0.05) is 31.7 Å². The number of carbonyl (C=O) groups is 2. The van der Waals surface area contributed by atoms with Gasteiger partial charge in [0.25, 0.3) is 0 Å². The number of hydrogen-bond acceptors (Lipinski definition) is 7. The molecule has 1 atom stereocenters. The third kappa shape index (κ3) is 5.28. The van der Waals surface area contributed by atoms with E-state index < -0.39 is 12.0 Å². The molecule has 0 aromatic heterocycles. The normalized spacial score (nSPS) is 18.6. The fraction of sp³-hybridized carbons (Fsp3) is 0.542. The van der Waals surface area contributed by atoms with Crippen molar-refractivity contribution >= 4 is 28.8 Å². The van der Waals surface area contributed by atoms with Crippen LogP contribution in [0.4, 0.5) is 0 Å². The number of amides is 1. The van der Waals surface area contributed by atoms with E-state index in [9.17, 15) is 9.59 Å². The molecule has 3 rings (SSSR count). The average molecular weight is 461 g/mol. The topological polar surface area (TPSA) is 77.4 Å². The van der Waals surface area contributed by atoms with Gasteiger partial charge in [-0.15, -0.1) is 0 Å². The highest BCUT2D eigenvalue weighted by molar-refractivity contribution is 8.14. The van der Waals surface area contributed by atoms with Gasteiger partial charge >= 0.3 is 5.97 Å². The Balaban J connectivity index is 2.03. The number of carbonyl (C=O) groups excluding carboxylic acids is 2. The predicted molar refractivity (Wildman–Crippen MR) is 126 cm³/mol. The van der Waals surface area contributed by atoms with Crippen LogP contribution in [0.3, 0.4) is 0 Å². The molecule has 0 saturated carbocycles. The number of nitrogens with zero attached hydrogens (tertiary/aromatic N) is 2. The van der Waals surface area contributed by atoms with Gasteiger partial charge in [0.05, 0.1) is 37.1 Å². The van der Waals surface area contributed by atoms with Gasteiger partial charge in [0, 0.05) is 12.2 Å². The molecule has 0 N–H and O–H groups in total. The summed E-state index contributed by atoms with van der Waals surface area (Å²) in [6.45, 7) is 10.3. The Labute approximate surface area is 194 Å². The number of thioether (sulfide) groups is 1. The molecule has 1 aromatic carbocycles. The Kier molecular flexibility index (Phi) is 7.87. The third-order valence-corrected chi connectivity index (χ3v) is 6.18. The summed E-state index contributed by atoms with van der Waals surface area (Å²) < 4.78 is 17.0. The minimum Gasteiger partial charge on any atom is -0.493 e. The smallest absolute Gasteiger partial charge is 0.338 e. The van der Waals surface area contributed by atoms with E-state index in [4.69, 9.17) is 14.2 Å². The Bertz CT molecular complexity index is 938. The lowest BCUT2D eigenvalue weighted by Gasteiger charge is -2.39. The first-order valence-corrected chi connectivity index (χ1v) is 12.0. The molecule has 2 aliphatic heterocycles. The van der Waals surface area contributed by atoms with Crippen LogP contribution in [0.15, 0.2) is 34.5 Å². The lowest BCUT2D eigenvalue weighted by Crippen LogP contribution is -2.46. The number of amidine groups is 1. The highest BCUT2D eigenvalue weighted by Crippen LogP contribution is 2.42. The molecule has 1 amide bonds. The highest BCUT2D eigenvalue weighted by Gasteiger charge is 2.42. The van der Waals surface area contributed by atoms with Crippen molar-refractivity contribution in [2.24, 2.45) is 10.9 Å². The van der Waals surface area contributed by atoms with Crippen LogP contribution in [0, 0.1) is 5.92 Å². The van der Waals surface area contributed by atoms with Crippen LogP contribution in [0.2, 0.25) is 0 Å². The molecule has 8 heteroatoms. The van der Waals surface area contributed by atoms with E-state index in [2.05, 4.69) is 18.8 Å². The number of fused-ring (bicyclic) bond motifs is 1. The standard InChI is InChI=1S/C24H32N2O5S/c1-14(2)9-11-30-18-8-7-17(13-19(18)29-6)22-21(23(28)31-15(3)4)16(5)25-24-26(22)20(27)10-12-32-24/h7-8,13-15,22H,9-12H2,1-6H3/t22-/m0/s1. The van der Waals surface area contributed by atoms with Crippen molar-refractivity contribution in [2.75, 3.05) is 19.5 Å². The second-order valence-corrected chi connectivity index (χ2v) is 9.62. The SMILES string of the molecule is COc1cc([C@H]2C(C(=O)OC(C)C)=C(C)N=C3SCCC(=O)N32)ccc1OCCC(C)C. The number of benzene rings is 1. The molecule has 0 spiro atoms. The molecule has 1 aromatic rings. The summed E-state index contributed by atoms with van der Waals surface area (Å²) in [5.74, 6) is 1.86. The second kappa shape index (κ2) is 10.4. The molecule has 0 unspecified atom stereocenters. The van der Waals surface area contributed by atoms with Crippen molar-refractivity contribution in [1.82, 2.24) is 4.90 Å². The zero-order valence-electron chi connectivity index (χ0n) is 19.6. The minimum absolute atomic E-state index is 0.0638. The van der Waals surface area contributed by atoms with Crippen LogP contribution in [0.1, 0.15) is 59.1 Å². The molecular formula is C24H32N2O5S. The molecule has 0 bridgehead atoms. The molecular weight excluding hydrogens is 428 g/mol. The molecule has 174 valence electrons. The van der Waals surface area contributed by atoms with E-state index in [1.807, 2.05) is 18.2 Å². The van der Waals surface area contributed by atoms with Crippen molar-refractivity contribution in [2.45, 2.75) is 59.6 Å².